The summed E-state index contributed by atoms with van der Waals surface area (Å²) in [5.74, 6) is 0.0255. The number of hydrogen-bond acceptors (Lipinski definition) is 4. The van der Waals surface area contributed by atoms with Gasteiger partial charge in [-0.1, -0.05) is 30.3 Å². The minimum atomic E-state index is -0.290. The second-order valence-corrected chi connectivity index (χ2v) is 7.11. The zero-order valence-electron chi connectivity index (χ0n) is 16.3. The molecule has 0 aliphatic rings. The maximum absolute atomic E-state index is 12.7. The number of likely N-dealkylation sites (N-methyl/N-ethyl adjacent to an activating group) is 1. The van der Waals surface area contributed by atoms with Crippen molar-refractivity contribution < 1.29 is 14.0 Å². The van der Waals surface area contributed by atoms with Crippen molar-refractivity contribution in [3.8, 4) is 0 Å². The van der Waals surface area contributed by atoms with Gasteiger partial charge in [-0.05, 0) is 41.5 Å². The Balaban J connectivity index is 1.47. The fraction of sp³-hybridized carbons (Fsp3) is 0.174. The van der Waals surface area contributed by atoms with Gasteiger partial charge < -0.3 is 14.6 Å². The first-order chi connectivity index (χ1) is 14.0. The molecule has 0 atom stereocenters. The lowest BCUT2D eigenvalue weighted by Gasteiger charge is -2.16. The van der Waals surface area contributed by atoms with Crippen LogP contribution in [0.1, 0.15) is 11.1 Å². The van der Waals surface area contributed by atoms with Gasteiger partial charge in [-0.3, -0.25) is 9.59 Å². The molecule has 2 aromatic carbocycles. The van der Waals surface area contributed by atoms with Crippen molar-refractivity contribution in [2.75, 3.05) is 18.9 Å². The lowest BCUT2D eigenvalue weighted by molar-refractivity contribution is -0.132. The quantitative estimate of drug-likeness (QED) is 0.563. The second kappa shape index (κ2) is 7.75. The Morgan fingerprint density at radius 2 is 1.97 bits per heavy atom. The van der Waals surface area contributed by atoms with Crippen LogP contribution >= 0.6 is 0 Å². The zero-order valence-corrected chi connectivity index (χ0v) is 16.3. The number of anilines is 1. The molecule has 1 N–H and O–H groups in total. The van der Waals surface area contributed by atoms with E-state index < -0.39 is 0 Å². The fourth-order valence-corrected chi connectivity index (χ4v) is 3.39. The predicted molar refractivity (Wildman–Crippen MR) is 113 cm³/mol. The lowest BCUT2D eigenvalue weighted by atomic mass is 10.0. The van der Waals surface area contributed by atoms with Crippen LogP contribution in [0.25, 0.3) is 21.7 Å². The Morgan fingerprint density at radius 1 is 1.14 bits per heavy atom. The Kier molecular flexibility index (Phi) is 4.99. The molecule has 0 fully saturated rings. The summed E-state index contributed by atoms with van der Waals surface area (Å²) in [6.45, 7) is 1.87. The number of carbonyl (C=O) groups excluding carboxylic acids is 2. The largest absolute Gasteiger partial charge is 0.464 e. The molecule has 0 radical (unpaired) electrons. The smallest absolute Gasteiger partial charge is 0.245 e. The lowest BCUT2D eigenvalue weighted by Crippen LogP contribution is -2.35. The van der Waals surface area contributed by atoms with E-state index in [0.29, 0.717) is 5.82 Å². The van der Waals surface area contributed by atoms with E-state index in [1.54, 1.807) is 25.6 Å². The maximum atomic E-state index is 12.7. The van der Waals surface area contributed by atoms with Crippen LogP contribution in [0.15, 0.2) is 65.4 Å². The highest BCUT2D eigenvalue weighted by atomic mass is 16.3. The summed E-state index contributed by atoms with van der Waals surface area (Å²) in [5.41, 5.74) is 2.56. The van der Waals surface area contributed by atoms with Crippen LogP contribution in [-0.4, -0.2) is 35.3 Å². The molecule has 6 nitrogen and oxygen atoms in total. The molecular weight excluding hydrogens is 366 g/mol. The average Bonchev–Trinajstić information content (AvgIpc) is 3.11. The first-order valence-corrected chi connectivity index (χ1v) is 9.35. The monoisotopic (exact) mass is 387 g/mol. The van der Waals surface area contributed by atoms with E-state index in [0.717, 1.165) is 32.9 Å². The molecule has 6 heteroatoms. The van der Waals surface area contributed by atoms with Crippen LogP contribution in [-0.2, 0) is 16.0 Å². The normalized spacial score (nSPS) is 11.0. The highest BCUT2D eigenvalue weighted by Gasteiger charge is 2.18. The predicted octanol–water partition coefficient (Wildman–Crippen LogP) is 3.93. The van der Waals surface area contributed by atoms with Crippen molar-refractivity contribution in [1.82, 2.24) is 9.88 Å². The topological polar surface area (TPSA) is 75.4 Å². The molecule has 29 heavy (non-hydrogen) atoms. The number of amides is 2. The summed E-state index contributed by atoms with van der Waals surface area (Å²) in [7, 11) is 1.62. The van der Waals surface area contributed by atoms with Crippen LogP contribution in [0.4, 0.5) is 5.82 Å². The zero-order chi connectivity index (χ0) is 20.4. The number of nitrogens with zero attached hydrogens (tertiary/aromatic N) is 2. The Hall–Kier alpha value is -3.67. The minimum Gasteiger partial charge on any atom is -0.464 e. The first kappa shape index (κ1) is 18.7. The molecule has 4 aromatic rings. The molecular formula is C23H21N3O3. The van der Waals surface area contributed by atoms with Crippen molar-refractivity contribution in [2.24, 2.45) is 0 Å². The van der Waals surface area contributed by atoms with Gasteiger partial charge in [0.2, 0.25) is 11.8 Å². The van der Waals surface area contributed by atoms with E-state index in [1.165, 1.54) is 4.90 Å². The summed E-state index contributed by atoms with van der Waals surface area (Å²) in [6, 6.07) is 15.5. The summed E-state index contributed by atoms with van der Waals surface area (Å²) < 4.78 is 5.65. The van der Waals surface area contributed by atoms with Gasteiger partial charge in [0.15, 0.2) is 0 Å². The summed E-state index contributed by atoms with van der Waals surface area (Å²) in [6.07, 6.45) is 3.42. The third-order valence-electron chi connectivity index (χ3n) is 4.87. The van der Waals surface area contributed by atoms with Gasteiger partial charge in [0.1, 0.15) is 11.4 Å². The van der Waals surface area contributed by atoms with Crippen LogP contribution in [0, 0.1) is 6.92 Å². The molecule has 146 valence electrons. The first-order valence-electron chi connectivity index (χ1n) is 9.35. The van der Waals surface area contributed by atoms with Crippen LogP contribution in [0.5, 0.6) is 0 Å². The van der Waals surface area contributed by atoms with Gasteiger partial charge in [-0.15, -0.1) is 0 Å². The summed E-state index contributed by atoms with van der Waals surface area (Å²) in [5, 5.41) is 5.80. The van der Waals surface area contributed by atoms with E-state index in [-0.39, 0.29) is 24.8 Å². The highest BCUT2D eigenvalue weighted by Crippen LogP contribution is 2.30. The number of furan rings is 1. The van der Waals surface area contributed by atoms with Gasteiger partial charge in [-0.25, -0.2) is 4.98 Å². The van der Waals surface area contributed by atoms with E-state index in [9.17, 15) is 9.59 Å². The standard InChI is InChI=1S/C23H21N3O3/c1-15-9-10-24-20(11-15)25-21(27)13-26(2)22(28)12-17-14-29-19-8-7-16-5-3-4-6-18(16)23(17)19/h3-11,14H,12-13H2,1-2H3,(H,24,25,27). The van der Waals surface area contributed by atoms with Gasteiger partial charge >= 0.3 is 0 Å². The van der Waals surface area contributed by atoms with E-state index in [1.807, 2.05) is 49.4 Å². The fourth-order valence-electron chi connectivity index (χ4n) is 3.39. The number of pyridine rings is 1. The van der Waals surface area contributed by atoms with Crippen molar-refractivity contribution in [3.05, 3.63) is 72.1 Å². The highest BCUT2D eigenvalue weighted by molar-refractivity contribution is 6.08. The number of rotatable bonds is 5. The van der Waals surface area contributed by atoms with Gasteiger partial charge in [0.05, 0.1) is 19.2 Å². The molecule has 0 bridgehead atoms. The molecule has 0 saturated carbocycles. The SMILES string of the molecule is Cc1ccnc(NC(=O)CN(C)C(=O)Cc2coc3ccc4ccccc4c23)c1. The number of carbonyl (C=O) groups is 2. The van der Waals surface area contributed by atoms with Crippen molar-refractivity contribution >= 4 is 39.4 Å². The maximum Gasteiger partial charge on any atom is 0.245 e. The Bertz CT molecular complexity index is 1210. The van der Waals surface area contributed by atoms with Crippen LogP contribution in [0.3, 0.4) is 0 Å². The molecule has 2 aromatic heterocycles. The number of aryl methyl sites for hydroxylation is 1. The molecule has 0 saturated heterocycles. The molecule has 2 amide bonds. The van der Waals surface area contributed by atoms with Gasteiger partial charge in [0.25, 0.3) is 0 Å². The molecule has 0 aliphatic carbocycles. The summed E-state index contributed by atoms with van der Waals surface area (Å²) >= 11 is 0. The van der Waals surface area contributed by atoms with Crippen LogP contribution < -0.4 is 5.32 Å². The number of nitrogens with one attached hydrogen (secondary N) is 1. The Labute approximate surface area is 168 Å². The van der Waals surface area contributed by atoms with E-state index >= 15 is 0 Å². The molecule has 4 rings (SSSR count). The third kappa shape index (κ3) is 3.96. The van der Waals surface area contributed by atoms with Crippen LogP contribution in [0.2, 0.25) is 0 Å². The summed E-state index contributed by atoms with van der Waals surface area (Å²) in [4.78, 5) is 30.5. The van der Waals surface area contributed by atoms with Crippen molar-refractivity contribution in [3.63, 3.8) is 0 Å². The molecule has 0 unspecified atom stereocenters. The minimum absolute atomic E-state index is 0.0506. The molecule has 0 spiro atoms. The average molecular weight is 387 g/mol. The van der Waals surface area contributed by atoms with Crippen molar-refractivity contribution in [2.45, 2.75) is 13.3 Å². The van der Waals surface area contributed by atoms with Gasteiger partial charge in [0, 0.05) is 24.2 Å². The third-order valence-corrected chi connectivity index (χ3v) is 4.87. The van der Waals surface area contributed by atoms with E-state index in [4.69, 9.17) is 4.42 Å². The Morgan fingerprint density at radius 3 is 2.79 bits per heavy atom. The second-order valence-electron chi connectivity index (χ2n) is 7.11. The van der Waals surface area contributed by atoms with Crippen molar-refractivity contribution in [1.29, 1.82) is 0 Å². The number of hydrogen-bond donors (Lipinski definition) is 1. The molecule has 0 aliphatic heterocycles. The number of aromatic nitrogens is 1. The number of benzene rings is 2. The van der Waals surface area contributed by atoms with E-state index in [2.05, 4.69) is 10.3 Å². The number of fused-ring (bicyclic) bond motifs is 3. The molecule has 2 heterocycles. The van der Waals surface area contributed by atoms with Gasteiger partial charge in [-0.2, -0.15) is 0 Å².